The second kappa shape index (κ2) is 12.8. The van der Waals surface area contributed by atoms with Crippen molar-refractivity contribution in [2.45, 2.75) is 45.6 Å². The van der Waals surface area contributed by atoms with Crippen LogP contribution in [0.25, 0.3) is 11.1 Å². The zero-order valence-electron chi connectivity index (χ0n) is 21.1. The van der Waals surface area contributed by atoms with E-state index in [1.165, 1.54) is 27.8 Å². The maximum absolute atomic E-state index is 6.31. The van der Waals surface area contributed by atoms with Gasteiger partial charge in [0.15, 0.2) is 0 Å². The fraction of sp³-hybridized carbons (Fsp3) is 0.355. The maximum atomic E-state index is 6.31. The number of benzene rings is 3. The van der Waals surface area contributed by atoms with Crippen LogP contribution in [0.5, 0.6) is 5.75 Å². The van der Waals surface area contributed by atoms with Gasteiger partial charge in [-0.1, -0.05) is 93.6 Å². The molecule has 0 atom stereocenters. The minimum Gasteiger partial charge on any atom is -0.492 e. The molecule has 0 heterocycles. The van der Waals surface area contributed by atoms with Crippen LogP contribution >= 0.6 is 11.6 Å². The third-order valence-electron chi connectivity index (χ3n) is 7.05. The number of hydrogen-bond donors (Lipinski definition) is 0. The van der Waals surface area contributed by atoms with Gasteiger partial charge in [0.25, 0.3) is 0 Å². The summed E-state index contributed by atoms with van der Waals surface area (Å²) in [7, 11) is 2.15. The fourth-order valence-electron chi connectivity index (χ4n) is 4.62. The van der Waals surface area contributed by atoms with Crippen LogP contribution < -0.4 is 4.74 Å². The number of ether oxygens (including phenoxy) is 1. The van der Waals surface area contributed by atoms with Gasteiger partial charge in [-0.2, -0.15) is 0 Å². The van der Waals surface area contributed by atoms with Crippen molar-refractivity contribution >= 4 is 22.7 Å². The van der Waals surface area contributed by atoms with E-state index in [0.29, 0.717) is 12.5 Å². The standard InChI is InChI=1S/C31H38ClNO/c1-5-29(25-14-10-8-11-15-25)30(26-16-12-9-13-17-26)27-18-20-28(21-19-27)34-23-22-33(4)31(6-2,7-3)24-32/h8-21H,5-7,22-24H2,1-4H3/b30-29-. The number of nitrogens with zero attached hydrogens (tertiary/aromatic N) is 1. The van der Waals surface area contributed by atoms with Crippen LogP contribution in [0.4, 0.5) is 0 Å². The van der Waals surface area contributed by atoms with Crippen molar-refractivity contribution in [3.63, 3.8) is 0 Å². The molecule has 180 valence electrons. The smallest absolute Gasteiger partial charge is 0.119 e. The van der Waals surface area contributed by atoms with Gasteiger partial charge in [0.05, 0.1) is 0 Å². The molecule has 0 aliphatic rings. The molecule has 0 saturated carbocycles. The number of alkyl halides is 1. The number of allylic oxidation sites excluding steroid dienone is 1. The summed E-state index contributed by atoms with van der Waals surface area (Å²) < 4.78 is 6.12. The average Bonchev–Trinajstić information content (AvgIpc) is 2.90. The predicted molar refractivity (Wildman–Crippen MR) is 148 cm³/mol. The van der Waals surface area contributed by atoms with Gasteiger partial charge in [-0.15, -0.1) is 11.6 Å². The van der Waals surface area contributed by atoms with Gasteiger partial charge < -0.3 is 4.74 Å². The van der Waals surface area contributed by atoms with Gasteiger partial charge in [0.1, 0.15) is 12.4 Å². The molecule has 34 heavy (non-hydrogen) atoms. The van der Waals surface area contributed by atoms with Gasteiger partial charge in [0.2, 0.25) is 0 Å². The Morgan fingerprint density at radius 1 is 0.765 bits per heavy atom. The van der Waals surface area contributed by atoms with Crippen LogP contribution in [-0.4, -0.2) is 36.5 Å². The number of likely N-dealkylation sites (N-methyl/N-ethyl adjacent to an activating group) is 1. The molecule has 0 spiro atoms. The first-order valence-corrected chi connectivity index (χ1v) is 13.0. The Labute approximate surface area is 211 Å². The first-order chi connectivity index (χ1) is 16.6. The largest absolute Gasteiger partial charge is 0.492 e. The van der Waals surface area contributed by atoms with E-state index in [9.17, 15) is 0 Å². The lowest BCUT2D eigenvalue weighted by molar-refractivity contribution is 0.109. The van der Waals surface area contributed by atoms with E-state index >= 15 is 0 Å². The highest BCUT2D eigenvalue weighted by molar-refractivity contribution is 6.18. The molecule has 3 aromatic carbocycles. The summed E-state index contributed by atoms with van der Waals surface area (Å²) >= 11 is 6.31. The Kier molecular flexibility index (Phi) is 9.80. The van der Waals surface area contributed by atoms with Crippen LogP contribution in [-0.2, 0) is 0 Å². The summed E-state index contributed by atoms with van der Waals surface area (Å²) in [5, 5.41) is 0. The van der Waals surface area contributed by atoms with Crippen molar-refractivity contribution in [3.05, 3.63) is 102 Å². The number of halogens is 1. The Hall–Kier alpha value is -2.55. The van der Waals surface area contributed by atoms with Gasteiger partial charge in [0, 0.05) is 18.0 Å². The zero-order valence-corrected chi connectivity index (χ0v) is 21.8. The summed E-state index contributed by atoms with van der Waals surface area (Å²) in [6, 6.07) is 29.9. The van der Waals surface area contributed by atoms with Gasteiger partial charge >= 0.3 is 0 Å². The van der Waals surface area contributed by atoms with Crippen LogP contribution in [0.15, 0.2) is 84.9 Å². The van der Waals surface area contributed by atoms with Crippen molar-refractivity contribution in [1.82, 2.24) is 4.90 Å². The van der Waals surface area contributed by atoms with E-state index in [2.05, 4.69) is 118 Å². The Bertz CT molecular complexity index is 1020. The first kappa shape index (κ1) is 26.1. The molecule has 0 aliphatic heterocycles. The summed E-state index contributed by atoms with van der Waals surface area (Å²) in [5.41, 5.74) is 6.36. The minimum atomic E-state index is 0.0398. The molecule has 0 aliphatic carbocycles. The maximum Gasteiger partial charge on any atom is 0.119 e. The lowest BCUT2D eigenvalue weighted by atomic mass is 9.88. The van der Waals surface area contributed by atoms with Crippen LogP contribution in [0.3, 0.4) is 0 Å². The van der Waals surface area contributed by atoms with E-state index in [1.54, 1.807) is 0 Å². The number of hydrogen-bond acceptors (Lipinski definition) is 2. The summed E-state index contributed by atoms with van der Waals surface area (Å²) in [6.45, 7) is 8.13. The van der Waals surface area contributed by atoms with Gasteiger partial charge in [-0.3, -0.25) is 4.90 Å². The molecule has 3 aromatic rings. The second-order valence-corrected chi connectivity index (χ2v) is 9.07. The monoisotopic (exact) mass is 475 g/mol. The average molecular weight is 476 g/mol. The van der Waals surface area contributed by atoms with E-state index in [1.807, 2.05) is 0 Å². The third-order valence-corrected chi connectivity index (χ3v) is 7.55. The zero-order chi connectivity index (χ0) is 24.4. The molecule has 0 aromatic heterocycles. The molecule has 0 N–H and O–H groups in total. The highest BCUT2D eigenvalue weighted by Crippen LogP contribution is 2.35. The second-order valence-electron chi connectivity index (χ2n) is 8.80. The molecule has 0 fully saturated rings. The normalized spacial score (nSPS) is 12.5. The minimum absolute atomic E-state index is 0.0398. The Balaban J connectivity index is 1.82. The van der Waals surface area contributed by atoms with E-state index < -0.39 is 0 Å². The SMILES string of the molecule is CC/C(=C(\c1ccccc1)c1ccc(OCCN(C)C(CC)(CC)CCl)cc1)c1ccccc1. The van der Waals surface area contributed by atoms with Crippen molar-refractivity contribution in [3.8, 4) is 5.75 Å². The fourth-order valence-corrected chi connectivity index (χ4v) is 5.20. The van der Waals surface area contributed by atoms with Crippen molar-refractivity contribution in [1.29, 1.82) is 0 Å². The molecule has 0 saturated heterocycles. The van der Waals surface area contributed by atoms with Crippen molar-refractivity contribution in [2.24, 2.45) is 0 Å². The molecular weight excluding hydrogens is 438 g/mol. The topological polar surface area (TPSA) is 12.5 Å². The molecule has 2 nitrogen and oxygen atoms in total. The van der Waals surface area contributed by atoms with Crippen LogP contribution in [0, 0.1) is 0 Å². The number of rotatable bonds is 12. The van der Waals surface area contributed by atoms with E-state index in [-0.39, 0.29) is 5.54 Å². The molecule has 0 amide bonds. The summed E-state index contributed by atoms with van der Waals surface area (Å²) in [4.78, 5) is 2.35. The molecule has 3 rings (SSSR count). The highest BCUT2D eigenvalue weighted by atomic mass is 35.5. The van der Waals surface area contributed by atoms with E-state index in [4.69, 9.17) is 16.3 Å². The molecule has 0 bridgehead atoms. The molecule has 0 radical (unpaired) electrons. The molecule has 0 unspecified atom stereocenters. The summed E-state index contributed by atoms with van der Waals surface area (Å²) in [5.74, 6) is 1.54. The quantitative estimate of drug-likeness (QED) is 0.193. The van der Waals surface area contributed by atoms with Crippen LogP contribution in [0.1, 0.15) is 56.7 Å². The lowest BCUT2D eigenvalue weighted by Crippen LogP contribution is -2.48. The Morgan fingerprint density at radius 2 is 1.29 bits per heavy atom. The Morgan fingerprint density at radius 3 is 1.79 bits per heavy atom. The third kappa shape index (κ3) is 6.11. The van der Waals surface area contributed by atoms with Gasteiger partial charge in [-0.25, -0.2) is 0 Å². The van der Waals surface area contributed by atoms with Crippen molar-refractivity contribution in [2.75, 3.05) is 26.1 Å². The van der Waals surface area contributed by atoms with Gasteiger partial charge in [-0.05, 0) is 66.3 Å². The predicted octanol–water partition coefficient (Wildman–Crippen LogP) is 8.16. The first-order valence-electron chi connectivity index (χ1n) is 12.4. The molecular formula is C31H38ClNO. The molecule has 3 heteroatoms. The highest BCUT2D eigenvalue weighted by Gasteiger charge is 2.29. The van der Waals surface area contributed by atoms with Crippen LogP contribution in [0.2, 0.25) is 0 Å². The lowest BCUT2D eigenvalue weighted by Gasteiger charge is -2.39. The summed E-state index contributed by atoms with van der Waals surface area (Å²) in [6.07, 6.45) is 3.03. The van der Waals surface area contributed by atoms with Crippen molar-refractivity contribution < 1.29 is 4.74 Å². The van der Waals surface area contributed by atoms with E-state index in [0.717, 1.165) is 31.6 Å².